The molecule has 0 radical (unpaired) electrons. The minimum atomic E-state index is 0. The van der Waals surface area contributed by atoms with E-state index in [1.807, 2.05) is 0 Å². The van der Waals surface area contributed by atoms with Gasteiger partial charge in [0.2, 0.25) is 0 Å². The molecule has 0 saturated carbocycles. The zero-order valence-electron chi connectivity index (χ0n) is 2.86. The fraction of sp³-hybridized carbons (Fsp3) is 0. The topological polar surface area (TPSA) is 0 Å². The SMILES string of the molecule is Cl.Cl.Cl.Cl.Cl.Cl.Cl.[NaH].[NaH].[NaH].[NaH].[NaH].[NaH].[NaH].[NaH].[NaH].[NaH].[NaH].[NaH].[NaH].[NaH].[NaH].[NaH]. The molecule has 0 atom stereocenters. The van der Waals surface area contributed by atoms with Gasteiger partial charge in [0.1, 0.15) is 0 Å². The van der Waals surface area contributed by atoms with Crippen LogP contribution in [0, 0.1) is 0 Å². The molecule has 0 aliphatic carbocycles. The monoisotopic (exact) mass is 636 g/mol. The quantitative estimate of drug-likeness (QED) is 0.232. The third kappa shape index (κ3) is 178. The summed E-state index contributed by atoms with van der Waals surface area (Å²) in [4.78, 5) is 0. The van der Waals surface area contributed by atoms with Crippen LogP contribution in [0.3, 0.4) is 0 Å². The van der Waals surface area contributed by atoms with Gasteiger partial charge >= 0.3 is 473 Å². The van der Waals surface area contributed by atoms with Crippen molar-refractivity contribution in [1.29, 1.82) is 0 Å². The van der Waals surface area contributed by atoms with Gasteiger partial charge in [-0.05, 0) is 0 Å². The van der Waals surface area contributed by atoms with Crippen LogP contribution in [0.4, 0.5) is 0 Å². The molecule has 0 aliphatic heterocycles. The molecule has 23 heteroatoms. The fourth-order valence-electron chi connectivity index (χ4n) is 0. The summed E-state index contributed by atoms with van der Waals surface area (Å²) >= 11 is 0. The Morgan fingerprint density at radius 2 is 0.0870 bits per heavy atom. The van der Waals surface area contributed by atoms with E-state index in [-0.39, 0.29) is 560 Å². The first-order valence-electron chi connectivity index (χ1n) is 0. The Balaban J connectivity index is 0. The molecular weight excluding hydrogens is 616 g/mol. The van der Waals surface area contributed by atoms with Crippen molar-refractivity contribution in [3.05, 3.63) is 0 Å². The van der Waals surface area contributed by atoms with Crippen LogP contribution in [0.5, 0.6) is 0 Å². The Morgan fingerprint density at radius 1 is 0.0870 bits per heavy atom. The van der Waals surface area contributed by atoms with Crippen molar-refractivity contribution in [3.63, 3.8) is 0 Å². The Kier molecular flexibility index (Phi) is 1650. The average Bonchev–Trinajstić information content (AvgIpc) is 0. The molecule has 0 nitrogen and oxygen atoms in total. The molecule has 23 heavy (non-hydrogen) atoms. The van der Waals surface area contributed by atoms with Gasteiger partial charge in [-0.1, -0.05) is 0 Å². The van der Waals surface area contributed by atoms with Crippen molar-refractivity contribution in [1.82, 2.24) is 0 Å². The van der Waals surface area contributed by atoms with E-state index in [9.17, 15) is 0 Å². The van der Waals surface area contributed by atoms with Gasteiger partial charge in [-0.15, -0.1) is 86.8 Å². The predicted octanol–water partition coefficient (Wildman–Crippen LogP) is -7.42. The third-order valence-electron chi connectivity index (χ3n) is 0. The van der Waals surface area contributed by atoms with Gasteiger partial charge in [-0.2, -0.15) is 0 Å². The van der Waals surface area contributed by atoms with Crippen molar-refractivity contribution in [3.8, 4) is 0 Å². The molecule has 0 spiro atoms. The molecule has 0 amide bonds. The number of hydrogen-bond donors (Lipinski definition) is 0. The van der Waals surface area contributed by atoms with Crippen molar-refractivity contribution in [2.45, 2.75) is 0 Å². The molecule has 0 aromatic rings. The minimum absolute atomic E-state index is 0. The first kappa shape index (κ1) is 202. The maximum absolute atomic E-state index is 0. The van der Waals surface area contributed by atoms with Crippen LogP contribution < -0.4 is 0 Å². The summed E-state index contributed by atoms with van der Waals surface area (Å²) in [6, 6.07) is 0. The van der Waals surface area contributed by atoms with E-state index in [4.69, 9.17) is 0 Å². The summed E-state index contributed by atoms with van der Waals surface area (Å²) < 4.78 is 0. The molecule has 0 fully saturated rings. The van der Waals surface area contributed by atoms with Crippen molar-refractivity contribution in [2.75, 3.05) is 0 Å². The van der Waals surface area contributed by atoms with Crippen molar-refractivity contribution >= 4 is 560 Å². The maximum atomic E-state index is 0. The van der Waals surface area contributed by atoms with E-state index in [0.29, 0.717) is 0 Å². The van der Waals surface area contributed by atoms with E-state index in [1.165, 1.54) is 0 Å². The van der Waals surface area contributed by atoms with Gasteiger partial charge in [0.05, 0.1) is 0 Å². The standard InChI is InChI=1S/7ClH.16Na.16H/h7*1H;;;;;;;;;;;;;;;;;;;;;;;;;;;;;;;;. The molecule has 0 heterocycles. The summed E-state index contributed by atoms with van der Waals surface area (Å²) in [6.45, 7) is 0. The number of rotatable bonds is 0. The number of hydrogen-bond acceptors (Lipinski definition) is 0. The Morgan fingerprint density at radius 3 is 0.0870 bits per heavy atom. The van der Waals surface area contributed by atoms with E-state index in [2.05, 4.69) is 0 Å². The van der Waals surface area contributed by atoms with Crippen molar-refractivity contribution in [2.24, 2.45) is 0 Å². The second-order valence-electron chi connectivity index (χ2n) is 0. The molecule has 0 aliphatic rings. The van der Waals surface area contributed by atoms with E-state index >= 15 is 0 Å². The molecule has 88 valence electrons. The Hall–Kier alpha value is 18.0. The summed E-state index contributed by atoms with van der Waals surface area (Å²) in [5.41, 5.74) is 0. The van der Waals surface area contributed by atoms with Crippen LogP contribution in [0.15, 0.2) is 0 Å². The molecule has 0 unspecified atom stereocenters. The van der Waals surface area contributed by atoms with Crippen LogP contribution >= 0.6 is 86.8 Å². The average molecular weight is 639 g/mol. The molecule has 0 bridgehead atoms. The first-order valence-corrected chi connectivity index (χ1v) is 0. The summed E-state index contributed by atoms with van der Waals surface area (Å²) in [7, 11) is 0. The molecule has 0 aromatic carbocycles. The van der Waals surface area contributed by atoms with Crippen LogP contribution in [-0.4, -0.2) is 473 Å². The van der Waals surface area contributed by atoms with Gasteiger partial charge < -0.3 is 0 Å². The van der Waals surface area contributed by atoms with Crippen LogP contribution in [0.2, 0.25) is 0 Å². The van der Waals surface area contributed by atoms with E-state index in [0.717, 1.165) is 0 Å². The predicted molar refractivity (Wildman–Crippen MR) is 165 cm³/mol. The molecule has 0 aromatic heterocycles. The Labute approximate surface area is 541 Å². The number of halogens is 7. The molecule has 0 N–H and O–H groups in total. The zero-order valence-corrected chi connectivity index (χ0v) is 8.57. The second-order valence-corrected chi connectivity index (χ2v) is 0. The van der Waals surface area contributed by atoms with Crippen LogP contribution in [-0.2, 0) is 0 Å². The molecule has 0 rings (SSSR count). The normalized spacial score (nSPS) is 0. The summed E-state index contributed by atoms with van der Waals surface area (Å²) in [6.07, 6.45) is 0. The van der Waals surface area contributed by atoms with Gasteiger partial charge in [0, 0.05) is 0 Å². The first-order chi connectivity index (χ1) is 0. The van der Waals surface area contributed by atoms with Crippen LogP contribution in [0.25, 0.3) is 0 Å². The van der Waals surface area contributed by atoms with Crippen molar-refractivity contribution < 1.29 is 0 Å². The molecular formula is H23Cl7Na16. The van der Waals surface area contributed by atoms with Crippen LogP contribution in [0.1, 0.15) is 0 Å². The molecule has 0 saturated heterocycles. The second kappa shape index (κ2) is 188. The van der Waals surface area contributed by atoms with Gasteiger partial charge in [-0.25, -0.2) is 0 Å². The van der Waals surface area contributed by atoms with Gasteiger partial charge in [0.25, 0.3) is 0 Å². The summed E-state index contributed by atoms with van der Waals surface area (Å²) in [5.74, 6) is 0. The van der Waals surface area contributed by atoms with Gasteiger partial charge in [-0.3, -0.25) is 0 Å². The van der Waals surface area contributed by atoms with E-state index < -0.39 is 0 Å². The summed E-state index contributed by atoms with van der Waals surface area (Å²) in [5, 5.41) is 0. The Bertz CT molecular complexity index is 20.4. The third-order valence-corrected chi connectivity index (χ3v) is 0. The van der Waals surface area contributed by atoms with E-state index in [1.54, 1.807) is 0 Å². The fourth-order valence-corrected chi connectivity index (χ4v) is 0. The van der Waals surface area contributed by atoms with Gasteiger partial charge in [0.15, 0.2) is 0 Å². The zero-order chi connectivity index (χ0) is 0.